The topological polar surface area (TPSA) is 64.3 Å². The largest absolute Gasteiger partial charge is 0.397 e. The van der Waals surface area contributed by atoms with Gasteiger partial charge in [0.1, 0.15) is 0 Å². The third-order valence-corrected chi connectivity index (χ3v) is 3.75. The van der Waals surface area contributed by atoms with Crippen molar-refractivity contribution in [3.05, 3.63) is 23.2 Å². The molecule has 0 saturated heterocycles. The molecular weight excluding hydrogens is 272 g/mol. The summed E-state index contributed by atoms with van der Waals surface area (Å²) in [5.74, 6) is 0.728. The van der Waals surface area contributed by atoms with Crippen molar-refractivity contribution in [2.75, 3.05) is 30.5 Å². The fourth-order valence-electron chi connectivity index (χ4n) is 1.25. The quantitative estimate of drug-likeness (QED) is 0.624. The highest BCUT2D eigenvalue weighted by Crippen LogP contribution is 2.23. The number of methoxy groups -OCH3 is 1. The first-order chi connectivity index (χ1) is 8.54. The highest BCUT2D eigenvalue weighted by atomic mass is 35.5. The van der Waals surface area contributed by atoms with Gasteiger partial charge in [0.05, 0.1) is 22.6 Å². The zero-order valence-corrected chi connectivity index (χ0v) is 12.0. The Morgan fingerprint density at radius 1 is 1.61 bits per heavy atom. The van der Waals surface area contributed by atoms with Crippen LogP contribution in [0.25, 0.3) is 0 Å². The molecule has 100 valence electrons. The highest BCUT2D eigenvalue weighted by molar-refractivity contribution is 8.00. The van der Waals surface area contributed by atoms with Crippen molar-refractivity contribution < 1.29 is 9.53 Å². The van der Waals surface area contributed by atoms with Crippen LogP contribution >= 0.6 is 23.4 Å². The molecule has 18 heavy (non-hydrogen) atoms. The van der Waals surface area contributed by atoms with Crippen molar-refractivity contribution in [1.29, 1.82) is 0 Å². The Bertz CT molecular complexity index is 415. The molecule has 1 atom stereocenters. The van der Waals surface area contributed by atoms with Gasteiger partial charge in [-0.3, -0.25) is 4.79 Å². The first-order valence-corrected chi connectivity index (χ1v) is 6.93. The van der Waals surface area contributed by atoms with Gasteiger partial charge >= 0.3 is 0 Å². The summed E-state index contributed by atoms with van der Waals surface area (Å²) < 4.78 is 4.94. The first-order valence-electron chi connectivity index (χ1n) is 5.51. The Hall–Kier alpha value is -0.910. The van der Waals surface area contributed by atoms with Gasteiger partial charge in [-0.15, -0.1) is 11.8 Å². The van der Waals surface area contributed by atoms with Crippen LogP contribution < -0.4 is 11.1 Å². The van der Waals surface area contributed by atoms with Crippen molar-refractivity contribution in [2.24, 2.45) is 0 Å². The normalized spacial score (nSPS) is 12.2. The number of hydrogen-bond donors (Lipinski definition) is 2. The van der Waals surface area contributed by atoms with Gasteiger partial charge in [0.25, 0.3) is 0 Å². The summed E-state index contributed by atoms with van der Waals surface area (Å²) in [6.45, 7) is 2.49. The lowest BCUT2D eigenvalue weighted by Gasteiger charge is -2.12. The van der Waals surface area contributed by atoms with Crippen molar-refractivity contribution >= 4 is 40.6 Å². The number of halogens is 1. The molecule has 1 unspecified atom stereocenters. The molecule has 0 saturated carbocycles. The highest BCUT2D eigenvalue weighted by Gasteiger charge is 2.13. The van der Waals surface area contributed by atoms with E-state index in [1.807, 2.05) is 6.92 Å². The number of carbonyl (C=O) groups excluding carboxylic acids is 1. The Morgan fingerprint density at radius 2 is 2.33 bits per heavy atom. The number of benzene rings is 1. The molecule has 0 aliphatic heterocycles. The van der Waals surface area contributed by atoms with Crippen LogP contribution in [0.3, 0.4) is 0 Å². The fraction of sp³-hybridized carbons (Fsp3) is 0.417. The van der Waals surface area contributed by atoms with Crippen molar-refractivity contribution in [3.63, 3.8) is 0 Å². The van der Waals surface area contributed by atoms with E-state index < -0.39 is 0 Å². The van der Waals surface area contributed by atoms with Gasteiger partial charge in [0.15, 0.2) is 0 Å². The lowest BCUT2D eigenvalue weighted by atomic mass is 10.2. The molecule has 0 bridgehead atoms. The molecule has 0 heterocycles. The number of amides is 1. The second-order valence-corrected chi connectivity index (χ2v) is 5.59. The van der Waals surface area contributed by atoms with Crippen LogP contribution in [0.1, 0.15) is 6.92 Å². The van der Waals surface area contributed by atoms with Crippen LogP contribution in [-0.4, -0.2) is 30.6 Å². The zero-order chi connectivity index (χ0) is 13.5. The summed E-state index contributed by atoms with van der Waals surface area (Å²) in [6.07, 6.45) is 0. The van der Waals surface area contributed by atoms with Crippen molar-refractivity contribution in [2.45, 2.75) is 12.2 Å². The number of rotatable bonds is 6. The molecule has 0 fully saturated rings. The van der Waals surface area contributed by atoms with Crippen molar-refractivity contribution in [1.82, 2.24) is 0 Å². The van der Waals surface area contributed by atoms with Crippen LogP contribution in [0.15, 0.2) is 18.2 Å². The van der Waals surface area contributed by atoms with E-state index in [4.69, 9.17) is 22.1 Å². The van der Waals surface area contributed by atoms with E-state index in [9.17, 15) is 4.79 Å². The molecule has 1 aromatic carbocycles. The summed E-state index contributed by atoms with van der Waals surface area (Å²) in [4.78, 5) is 11.9. The second kappa shape index (κ2) is 7.51. The first kappa shape index (κ1) is 15.1. The van der Waals surface area contributed by atoms with E-state index in [1.165, 1.54) is 0 Å². The lowest BCUT2D eigenvalue weighted by Crippen LogP contribution is -2.23. The molecule has 0 aliphatic carbocycles. The van der Waals surface area contributed by atoms with Crippen molar-refractivity contribution in [3.8, 4) is 0 Å². The van der Waals surface area contributed by atoms with Gasteiger partial charge in [-0.05, 0) is 25.1 Å². The number of hydrogen-bond acceptors (Lipinski definition) is 4. The van der Waals surface area contributed by atoms with E-state index in [0.29, 0.717) is 23.0 Å². The second-order valence-electron chi connectivity index (χ2n) is 3.73. The number of nitrogen functional groups attached to an aromatic ring is 1. The van der Waals surface area contributed by atoms with E-state index >= 15 is 0 Å². The van der Waals surface area contributed by atoms with Crippen LogP contribution in [-0.2, 0) is 9.53 Å². The van der Waals surface area contributed by atoms with Gasteiger partial charge in [-0.25, -0.2) is 0 Å². The number of thioether (sulfide) groups is 1. The average molecular weight is 289 g/mol. The molecule has 1 amide bonds. The van der Waals surface area contributed by atoms with E-state index in [-0.39, 0.29) is 11.2 Å². The Balaban J connectivity index is 2.50. The number of carbonyl (C=O) groups is 1. The predicted octanol–water partition coefficient (Wildman–Crippen LogP) is 2.63. The Kier molecular flexibility index (Phi) is 6.32. The van der Waals surface area contributed by atoms with Gasteiger partial charge in [0, 0.05) is 18.6 Å². The SMILES string of the molecule is COCCSC(C)C(=O)Nc1ccc(Cl)c(N)c1. The third kappa shape index (κ3) is 4.76. The minimum absolute atomic E-state index is 0.0576. The fourth-order valence-corrected chi connectivity index (χ4v) is 2.19. The van der Waals surface area contributed by atoms with Crippen LogP contribution in [0.4, 0.5) is 11.4 Å². The maximum atomic E-state index is 11.9. The average Bonchev–Trinajstić information content (AvgIpc) is 2.34. The number of anilines is 2. The maximum absolute atomic E-state index is 11.9. The van der Waals surface area contributed by atoms with Crippen LogP contribution in [0.2, 0.25) is 5.02 Å². The molecule has 0 aliphatic rings. The molecule has 6 heteroatoms. The minimum Gasteiger partial charge on any atom is -0.397 e. The Morgan fingerprint density at radius 3 is 2.94 bits per heavy atom. The summed E-state index contributed by atoms with van der Waals surface area (Å²) in [5.41, 5.74) is 6.77. The third-order valence-electron chi connectivity index (χ3n) is 2.29. The van der Waals surface area contributed by atoms with Crippen LogP contribution in [0, 0.1) is 0 Å². The molecule has 1 rings (SSSR count). The number of nitrogens with one attached hydrogen (secondary N) is 1. The number of nitrogens with two attached hydrogens (primary N) is 1. The molecule has 3 N–H and O–H groups in total. The van der Waals surface area contributed by atoms with E-state index in [2.05, 4.69) is 5.32 Å². The van der Waals surface area contributed by atoms with Gasteiger partial charge in [-0.1, -0.05) is 11.6 Å². The molecule has 4 nitrogen and oxygen atoms in total. The summed E-state index contributed by atoms with van der Waals surface area (Å²) >= 11 is 7.35. The van der Waals surface area contributed by atoms with Gasteiger partial charge in [0.2, 0.25) is 5.91 Å². The molecular formula is C12H17ClN2O2S. The standard InChI is InChI=1S/C12H17ClN2O2S/c1-8(18-6-5-17-2)12(16)15-9-3-4-10(13)11(14)7-9/h3-4,7-8H,5-6,14H2,1-2H3,(H,15,16). The maximum Gasteiger partial charge on any atom is 0.237 e. The van der Waals surface area contributed by atoms with E-state index in [1.54, 1.807) is 37.1 Å². The minimum atomic E-state index is -0.142. The van der Waals surface area contributed by atoms with E-state index in [0.717, 1.165) is 5.75 Å². The van der Waals surface area contributed by atoms with Crippen LogP contribution in [0.5, 0.6) is 0 Å². The van der Waals surface area contributed by atoms with Gasteiger partial charge in [-0.2, -0.15) is 0 Å². The summed E-state index contributed by atoms with van der Waals surface area (Å²) in [7, 11) is 1.64. The monoisotopic (exact) mass is 288 g/mol. The molecule has 0 aromatic heterocycles. The lowest BCUT2D eigenvalue weighted by molar-refractivity contribution is -0.115. The molecule has 0 radical (unpaired) electrons. The molecule has 1 aromatic rings. The summed E-state index contributed by atoms with van der Waals surface area (Å²) in [5, 5.41) is 3.14. The zero-order valence-electron chi connectivity index (χ0n) is 10.4. The van der Waals surface area contributed by atoms with Gasteiger partial charge < -0.3 is 15.8 Å². The smallest absolute Gasteiger partial charge is 0.237 e. The Labute approximate surface area is 116 Å². The molecule has 0 spiro atoms. The number of ether oxygens (including phenoxy) is 1. The summed E-state index contributed by atoms with van der Waals surface area (Å²) in [6, 6.07) is 5.03. The predicted molar refractivity (Wildman–Crippen MR) is 78.3 cm³/mol.